The van der Waals surface area contributed by atoms with E-state index in [2.05, 4.69) is 15.9 Å². The van der Waals surface area contributed by atoms with E-state index in [0.717, 1.165) is 29.4 Å². The van der Waals surface area contributed by atoms with Gasteiger partial charge in [0.1, 0.15) is 6.17 Å². The second kappa shape index (κ2) is 6.53. The molecule has 6 aliphatic rings. The van der Waals surface area contributed by atoms with E-state index in [1.54, 1.807) is 0 Å². The van der Waals surface area contributed by atoms with Gasteiger partial charge >= 0.3 is 5.97 Å². The first-order valence-electron chi connectivity index (χ1n) is 10.7. The summed E-state index contributed by atoms with van der Waals surface area (Å²) in [5.74, 6) is -0.533. The van der Waals surface area contributed by atoms with Crippen LogP contribution in [0.1, 0.15) is 57.8 Å². The number of hydrogen-bond acceptors (Lipinski definition) is 2. The van der Waals surface area contributed by atoms with Crippen molar-refractivity contribution in [1.29, 1.82) is 0 Å². The highest BCUT2D eigenvalue weighted by atomic mass is 79.9. The average molecular weight is 464 g/mol. The van der Waals surface area contributed by atoms with Crippen LogP contribution in [0.3, 0.4) is 0 Å². The maximum atomic E-state index is 14.2. The number of alkyl halides is 1. The summed E-state index contributed by atoms with van der Waals surface area (Å²) in [4.78, 5) is 27.4. The number of aliphatic carboxylic acids is 1. The van der Waals surface area contributed by atoms with Crippen molar-refractivity contribution in [1.82, 2.24) is 0 Å². The molecular weight excluding hydrogens is 437 g/mol. The smallest absolute Gasteiger partial charge is 0.309 e. The summed E-state index contributed by atoms with van der Waals surface area (Å²) in [6, 6.07) is 7.80. The molecule has 29 heavy (non-hydrogen) atoms. The highest BCUT2D eigenvalue weighted by molar-refractivity contribution is 9.10. The normalized spacial score (nSPS) is 39.8. The molecule has 1 atom stereocenters. The molecule has 0 heterocycles. The molecule has 1 N–H and O–H groups in total. The third kappa shape index (κ3) is 2.96. The van der Waals surface area contributed by atoms with Crippen LogP contribution in [0.25, 0.3) is 0 Å². The van der Waals surface area contributed by atoms with Gasteiger partial charge < -0.3 is 10.0 Å². The Morgan fingerprint density at radius 2 is 1.72 bits per heavy atom. The summed E-state index contributed by atoms with van der Waals surface area (Å²) in [6.07, 6.45) is 5.49. The van der Waals surface area contributed by atoms with Gasteiger partial charge in [-0.25, -0.2) is 4.39 Å². The van der Waals surface area contributed by atoms with E-state index in [0.29, 0.717) is 45.1 Å². The van der Waals surface area contributed by atoms with E-state index in [9.17, 15) is 19.1 Å². The molecular formula is C23H27BrFNO3. The van der Waals surface area contributed by atoms with E-state index in [1.807, 2.05) is 29.2 Å². The first-order valence-corrected chi connectivity index (χ1v) is 11.5. The van der Waals surface area contributed by atoms with Crippen molar-refractivity contribution in [3.05, 3.63) is 28.7 Å². The Bertz CT molecular complexity index is 841. The Hall–Kier alpha value is -1.43. The molecule has 7 rings (SSSR count). The molecule has 0 aliphatic heterocycles. The second-order valence-corrected chi connectivity index (χ2v) is 11.0. The Kier molecular flexibility index (Phi) is 4.40. The van der Waals surface area contributed by atoms with Crippen molar-refractivity contribution in [2.75, 3.05) is 11.4 Å². The Labute approximate surface area is 179 Å². The zero-order chi connectivity index (χ0) is 20.4. The molecule has 1 aromatic carbocycles. The number of anilines is 1. The first kappa shape index (κ1) is 19.5. The topological polar surface area (TPSA) is 57.6 Å². The summed E-state index contributed by atoms with van der Waals surface area (Å²) in [5.41, 5.74) is -0.251. The molecule has 1 amide bonds. The van der Waals surface area contributed by atoms with E-state index in [1.165, 1.54) is 0 Å². The van der Waals surface area contributed by atoms with Crippen LogP contribution in [0, 0.1) is 22.2 Å². The summed E-state index contributed by atoms with van der Waals surface area (Å²) in [6.45, 7) is 0.612. The molecule has 4 bridgehead atoms. The van der Waals surface area contributed by atoms with Crippen LogP contribution in [0.15, 0.2) is 28.7 Å². The van der Waals surface area contributed by atoms with Crippen molar-refractivity contribution in [2.24, 2.45) is 22.2 Å². The Morgan fingerprint density at radius 1 is 1.07 bits per heavy atom. The van der Waals surface area contributed by atoms with Gasteiger partial charge in [-0.1, -0.05) is 22.0 Å². The van der Waals surface area contributed by atoms with E-state index >= 15 is 0 Å². The molecule has 1 unspecified atom stereocenters. The van der Waals surface area contributed by atoms with Gasteiger partial charge in [-0.15, -0.1) is 0 Å². The SMILES string of the molecule is O=C(O)C12CCC(CN(C(=O)C34CC(F)C(C3)C4)c3cccc(Br)c3)(CC1)CC2. The van der Waals surface area contributed by atoms with Gasteiger partial charge in [-0.2, -0.15) is 0 Å². The van der Waals surface area contributed by atoms with Crippen LogP contribution < -0.4 is 4.90 Å². The predicted octanol–water partition coefficient (Wildman–Crippen LogP) is 5.35. The minimum absolute atomic E-state index is 0.0251. The van der Waals surface area contributed by atoms with Gasteiger partial charge in [0.15, 0.2) is 0 Å². The van der Waals surface area contributed by atoms with Crippen LogP contribution >= 0.6 is 15.9 Å². The highest BCUT2D eigenvalue weighted by Gasteiger charge is 2.62. The summed E-state index contributed by atoms with van der Waals surface area (Å²) in [7, 11) is 0. The molecule has 0 spiro atoms. The van der Waals surface area contributed by atoms with E-state index in [4.69, 9.17) is 0 Å². The van der Waals surface area contributed by atoms with Crippen LogP contribution in [0.5, 0.6) is 0 Å². The summed E-state index contributed by atoms with van der Waals surface area (Å²) in [5, 5.41) is 9.68. The van der Waals surface area contributed by atoms with Crippen LogP contribution in [-0.4, -0.2) is 29.7 Å². The largest absolute Gasteiger partial charge is 0.481 e. The molecule has 0 saturated heterocycles. The van der Waals surface area contributed by atoms with Crippen molar-refractivity contribution in [2.45, 2.75) is 64.0 Å². The lowest BCUT2D eigenvalue weighted by Crippen LogP contribution is -2.54. The van der Waals surface area contributed by atoms with Gasteiger partial charge in [-0.3, -0.25) is 9.59 Å². The highest BCUT2D eigenvalue weighted by Crippen LogP contribution is 2.62. The maximum Gasteiger partial charge on any atom is 0.309 e. The van der Waals surface area contributed by atoms with Gasteiger partial charge in [0, 0.05) is 16.7 Å². The predicted molar refractivity (Wildman–Crippen MR) is 111 cm³/mol. The Morgan fingerprint density at radius 3 is 2.24 bits per heavy atom. The zero-order valence-corrected chi connectivity index (χ0v) is 18.1. The number of rotatable bonds is 5. The number of carboxylic acids is 1. The number of hydrogen-bond donors (Lipinski definition) is 1. The molecule has 6 fully saturated rings. The zero-order valence-electron chi connectivity index (χ0n) is 16.5. The molecule has 1 aromatic rings. The summed E-state index contributed by atoms with van der Waals surface area (Å²) >= 11 is 3.52. The molecule has 0 aromatic heterocycles. The monoisotopic (exact) mass is 463 g/mol. The molecule has 0 radical (unpaired) electrons. The Balaban J connectivity index is 1.43. The lowest BCUT2D eigenvalue weighted by atomic mass is 9.53. The van der Waals surface area contributed by atoms with Crippen LogP contribution in [0.2, 0.25) is 0 Å². The number of carbonyl (C=O) groups excluding carboxylic acids is 1. The first-order chi connectivity index (χ1) is 13.8. The molecule has 6 saturated carbocycles. The maximum absolute atomic E-state index is 14.2. The molecule has 6 aliphatic carbocycles. The van der Waals surface area contributed by atoms with Crippen molar-refractivity contribution < 1.29 is 19.1 Å². The van der Waals surface area contributed by atoms with Gasteiger partial charge in [0.25, 0.3) is 0 Å². The fourth-order valence-corrected chi connectivity index (χ4v) is 6.92. The van der Waals surface area contributed by atoms with Crippen molar-refractivity contribution in [3.63, 3.8) is 0 Å². The third-order valence-corrected chi connectivity index (χ3v) is 9.06. The molecule has 4 nitrogen and oxygen atoms in total. The fourth-order valence-electron chi connectivity index (χ4n) is 6.54. The number of carboxylic acid groups (broad SMARTS) is 1. The number of halogens is 2. The fraction of sp³-hybridized carbons (Fsp3) is 0.652. The van der Waals surface area contributed by atoms with Gasteiger partial charge in [0.2, 0.25) is 5.91 Å². The molecule has 156 valence electrons. The quantitative estimate of drug-likeness (QED) is 0.640. The molecule has 6 heteroatoms. The van der Waals surface area contributed by atoms with Crippen molar-refractivity contribution in [3.8, 4) is 0 Å². The average Bonchev–Trinajstić information content (AvgIpc) is 3.20. The lowest BCUT2D eigenvalue weighted by molar-refractivity contribution is -0.158. The number of amides is 1. The second-order valence-electron chi connectivity index (χ2n) is 10.1. The van der Waals surface area contributed by atoms with E-state index < -0.39 is 23.0 Å². The standard InChI is InChI=1S/C23H27BrFNO3/c24-16-2-1-3-17(10-16)26(19(27)23-11-15(12-23)18(25)13-23)14-21-4-7-22(8-5-21,9-6-21)20(28)29/h1-3,10,15,18H,4-9,11-14H2,(H,28,29). The minimum atomic E-state index is -0.845. The van der Waals surface area contributed by atoms with Crippen molar-refractivity contribution >= 4 is 33.5 Å². The number of benzene rings is 1. The number of fused-ring (bicyclic) bond motifs is 4. The van der Waals surface area contributed by atoms with Crippen LogP contribution in [-0.2, 0) is 9.59 Å². The minimum Gasteiger partial charge on any atom is -0.481 e. The lowest BCUT2D eigenvalue weighted by Gasteiger charge is -2.53. The van der Waals surface area contributed by atoms with Gasteiger partial charge in [0.05, 0.1) is 10.8 Å². The number of nitrogens with zero attached hydrogens (tertiary/aromatic N) is 1. The number of carbonyl (C=O) groups is 2. The summed E-state index contributed by atoms with van der Waals surface area (Å²) < 4.78 is 15.1. The van der Waals surface area contributed by atoms with E-state index in [-0.39, 0.29) is 17.2 Å². The van der Waals surface area contributed by atoms with Gasteiger partial charge in [-0.05, 0) is 87.3 Å². The van der Waals surface area contributed by atoms with Crippen LogP contribution in [0.4, 0.5) is 10.1 Å². The third-order valence-electron chi connectivity index (χ3n) is 8.57.